The number of halogens is 3. The summed E-state index contributed by atoms with van der Waals surface area (Å²) in [4.78, 5) is 34.4. The van der Waals surface area contributed by atoms with E-state index >= 15 is 0 Å². The zero-order valence-corrected chi connectivity index (χ0v) is 18.8. The molecule has 32 heavy (non-hydrogen) atoms. The molecule has 3 heterocycles. The summed E-state index contributed by atoms with van der Waals surface area (Å²) in [6.07, 6.45) is 4.70. The van der Waals surface area contributed by atoms with Crippen LogP contribution in [0.4, 0.5) is 4.39 Å². The van der Waals surface area contributed by atoms with Crippen molar-refractivity contribution in [3.63, 3.8) is 0 Å². The Hall–Kier alpha value is -3.07. The van der Waals surface area contributed by atoms with Crippen LogP contribution in [-0.2, 0) is 0 Å². The van der Waals surface area contributed by atoms with Gasteiger partial charge in [-0.05, 0) is 29.7 Å². The molecule has 0 aliphatic carbocycles. The van der Waals surface area contributed by atoms with E-state index < -0.39 is 28.0 Å². The summed E-state index contributed by atoms with van der Waals surface area (Å²) >= 11 is 12.7. The van der Waals surface area contributed by atoms with Crippen LogP contribution in [0.25, 0.3) is 22.5 Å². The minimum Gasteiger partial charge on any atom is -0.494 e. The number of thiol groups is 1. The second kappa shape index (κ2) is 7.81. The molecule has 0 amide bonds. The molecule has 1 aliphatic heterocycles. The quantitative estimate of drug-likeness (QED) is 0.400. The average Bonchev–Trinajstić information content (AvgIpc) is 3.18. The summed E-state index contributed by atoms with van der Waals surface area (Å²) in [5.74, 6) is -0.585. The van der Waals surface area contributed by atoms with E-state index in [-0.39, 0.29) is 16.5 Å². The molecule has 2 aromatic carbocycles. The summed E-state index contributed by atoms with van der Waals surface area (Å²) in [6, 6.07) is 7.87. The third kappa shape index (κ3) is 3.14. The monoisotopic (exact) mass is 489 g/mol. The first-order chi connectivity index (χ1) is 15.4. The predicted molar refractivity (Wildman–Crippen MR) is 125 cm³/mol. The van der Waals surface area contributed by atoms with Crippen LogP contribution in [0.5, 0.6) is 5.75 Å². The third-order valence-corrected chi connectivity index (χ3v) is 8.18. The third-order valence-electron chi connectivity index (χ3n) is 5.17. The molecule has 0 bridgehead atoms. The van der Waals surface area contributed by atoms with Gasteiger partial charge in [0.2, 0.25) is 0 Å². The number of aromatic amines is 1. The lowest BCUT2D eigenvalue weighted by Crippen LogP contribution is -2.35. The fourth-order valence-electron chi connectivity index (χ4n) is 3.74. The van der Waals surface area contributed by atoms with Crippen LogP contribution < -0.4 is 16.0 Å². The number of methoxy groups -OCH3 is 1. The molecular formula is C22H14Cl2FN3O3S. The maximum Gasteiger partial charge on any atom is 0.333 e. The van der Waals surface area contributed by atoms with Crippen LogP contribution in [0.1, 0.15) is 5.69 Å². The number of nitrogens with zero attached hydrogens (tertiary/aromatic N) is 2. The molecule has 2 aromatic heterocycles. The number of nitrogens with one attached hydrogen (secondary N) is 1. The van der Waals surface area contributed by atoms with Crippen LogP contribution in [0, 0.1) is 5.82 Å². The van der Waals surface area contributed by atoms with Gasteiger partial charge in [-0.25, -0.2) is 13.8 Å². The molecule has 1 N–H and O–H groups in total. The van der Waals surface area contributed by atoms with Gasteiger partial charge in [-0.3, -0.25) is 9.78 Å². The highest BCUT2D eigenvalue weighted by atomic mass is 35.5. The highest BCUT2D eigenvalue weighted by Crippen LogP contribution is 2.53. The summed E-state index contributed by atoms with van der Waals surface area (Å²) in [6.45, 7) is 0. The topological polar surface area (TPSA) is 77.0 Å². The average molecular weight is 490 g/mol. The van der Waals surface area contributed by atoms with Gasteiger partial charge >= 0.3 is 5.69 Å². The Bertz CT molecular complexity index is 1560. The van der Waals surface area contributed by atoms with Crippen LogP contribution in [0.2, 0.25) is 10.0 Å². The zero-order chi connectivity index (χ0) is 22.6. The molecule has 6 nitrogen and oxygen atoms in total. The van der Waals surface area contributed by atoms with Crippen molar-refractivity contribution in [2.75, 3.05) is 7.11 Å². The van der Waals surface area contributed by atoms with Crippen LogP contribution in [-0.4, -0.2) is 21.6 Å². The number of fused-ring (bicyclic) bond motifs is 2. The molecular weight excluding hydrogens is 476 g/mol. The maximum atomic E-state index is 14.1. The molecule has 0 radical (unpaired) electrons. The first-order valence-electron chi connectivity index (χ1n) is 9.33. The second-order valence-corrected chi connectivity index (χ2v) is 9.74. The number of aromatic nitrogens is 3. The van der Waals surface area contributed by atoms with Crippen LogP contribution >= 0.6 is 34.1 Å². The number of pyridine rings is 1. The fraction of sp³-hybridized carbons (Fsp3) is 0.0455. The zero-order valence-electron chi connectivity index (χ0n) is 16.4. The van der Waals surface area contributed by atoms with E-state index in [2.05, 4.69) is 9.97 Å². The van der Waals surface area contributed by atoms with Crippen molar-refractivity contribution in [1.29, 1.82) is 0 Å². The minimum atomic E-state index is -1.42. The number of hydrogen-bond acceptors (Lipinski definition) is 4. The second-order valence-electron chi connectivity index (χ2n) is 6.95. The SMILES string of the molecule is COc1cc([SH]2C=Cc3[nH]c(=O)n(-c4cncc5cccc(Cl)c45)c(=O)c32)c(Cl)cc1F. The Morgan fingerprint density at radius 2 is 1.97 bits per heavy atom. The number of H-pyrrole nitrogens is 1. The van der Waals surface area contributed by atoms with E-state index in [0.29, 0.717) is 31.3 Å². The van der Waals surface area contributed by atoms with E-state index in [1.54, 1.807) is 35.9 Å². The predicted octanol–water partition coefficient (Wildman–Crippen LogP) is 4.93. The van der Waals surface area contributed by atoms with E-state index in [0.717, 1.165) is 10.6 Å². The van der Waals surface area contributed by atoms with Crippen LogP contribution in [0.3, 0.4) is 0 Å². The molecule has 0 saturated carbocycles. The van der Waals surface area contributed by atoms with E-state index in [9.17, 15) is 14.0 Å². The lowest BCUT2D eigenvalue weighted by Gasteiger charge is -2.19. The summed E-state index contributed by atoms with van der Waals surface area (Å²) in [5, 5.41) is 3.56. The van der Waals surface area contributed by atoms with Gasteiger partial charge < -0.3 is 9.72 Å². The summed E-state index contributed by atoms with van der Waals surface area (Å²) < 4.78 is 20.2. The van der Waals surface area contributed by atoms with Gasteiger partial charge in [0.05, 0.1) is 39.6 Å². The lowest BCUT2D eigenvalue weighted by atomic mass is 10.1. The van der Waals surface area contributed by atoms with Gasteiger partial charge in [0.15, 0.2) is 11.6 Å². The van der Waals surface area contributed by atoms with Gasteiger partial charge in [-0.1, -0.05) is 35.3 Å². The summed E-state index contributed by atoms with van der Waals surface area (Å²) in [5.41, 5.74) is -0.478. The number of benzene rings is 2. The highest BCUT2D eigenvalue weighted by molar-refractivity contribution is 8.20. The smallest absolute Gasteiger partial charge is 0.333 e. The lowest BCUT2D eigenvalue weighted by molar-refractivity contribution is 0.385. The van der Waals surface area contributed by atoms with Gasteiger partial charge in [0, 0.05) is 21.9 Å². The van der Waals surface area contributed by atoms with Crippen molar-refractivity contribution in [3.8, 4) is 11.4 Å². The van der Waals surface area contributed by atoms with Crippen LogP contribution in [0.15, 0.2) is 67.5 Å². The van der Waals surface area contributed by atoms with Gasteiger partial charge in [0.1, 0.15) is 0 Å². The maximum absolute atomic E-state index is 14.1. The Balaban J connectivity index is 1.78. The number of ether oxygens (including phenoxy) is 1. The fourth-order valence-corrected chi connectivity index (χ4v) is 6.54. The van der Waals surface area contributed by atoms with Gasteiger partial charge in [-0.2, -0.15) is 10.9 Å². The standard InChI is InChI=1S/C22H14Cl2FN3O3S/c1-31-17-8-18(13(24)7-14(17)25)32-6-5-15-20(32)21(29)28(22(30)27-15)16-10-26-9-11-3-2-4-12(23)19(11)16/h2-10,32H,1H3,(H,27,30). The molecule has 1 unspecified atom stereocenters. The molecule has 0 saturated heterocycles. The van der Waals surface area contributed by atoms with Crippen molar-refractivity contribution in [1.82, 2.24) is 14.5 Å². The highest BCUT2D eigenvalue weighted by Gasteiger charge is 2.27. The molecule has 1 aliphatic rings. The molecule has 0 spiro atoms. The van der Waals surface area contributed by atoms with Crippen molar-refractivity contribution in [3.05, 3.63) is 90.5 Å². The van der Waals surface area contributed by atoms with Crippen molar-refractivity contribution in [2.24, 2.45) is 0 Å². The largest absolute Gasteiger partial charge is 0.494 e. The Labute approximate surface area is 193 Å². The van der Waals surface area contributed by atoms with E-state index in [1.807, 2.05) is 0 Å². The van der Waals surface area contributed by atoms with Crippen molar-refractivity contribution < 1.29 is 9.13 Å². The number of rotatable bonds is 3. The molecule has 0 fully saturated rings. The Morgan fingerprint density at radius 3 is 2.75 bits per heavy atom. The summed E-state index contributed by atoms with van der Waals surface area (Å²) in [7, 11) is -0.0672. The minimum absolute atomic E-state index is 0.0172. The van der Waals surface area contributed by atoms with Gasteiger partial charge in [0.25, 0.3) is 5.56 Å². The van der Waals surface area contributed by atoms with E-state index in [4.69, 9.17) is 27.9 Å². The Kier molecular flexibility index (Phi) is 5.08. The van der Waals surface area contributed by atoms with E-state index in [1.165, 1.54) is 19.4 Å². The molecule has 1 atom stereocenters. The first-order valence-corrected chi connectivity index (χ1v) is 11.5. The van der Waals surface area contributed by atoms with Crippen molar-refractivity contribution >= 4 is 50.9 Å². The van der Waals surface area contributed by atoms with Crippen molar-refractivity contribution in [2.45, 2.75) is 9.79 Å². The number of hydrogen-bond donors (Lipinski definition) is 2. The molecule has 10 heteroatoms. The van der Waals surface area contributed by atoms with Gasteiger partial charge in [-0.15, -0.1) is 0 Å². The molecule has 5 rings (SSSR count). The molecule has 4 aromatic rings. The first kappa shape index (κ1) is 20.8. The normalized spacial score (nSPS) is 15.8. The molecule has 162 valence electrons. The Morgan fingerprint density at radius 1 is 1.16 bits per heavy atom.